The number of aryl methyl sites for hydroxylation is 1. The third-order valence-corrected chi connectivity index (χ3v) is 3.17. The van der Waals surface area contributed by atoms with Crippen molar-refractivity contribution >= 4 is 0 Å². The first-order valence-electron chi connectivity index (χ1n) is 5.68. The summed E-state index contributed by atoms with van der Waals surface area (Å²) >= 11 is 0. The van der Waals surface area contributed by atoms with E-state index in [0.29, 0.717) is 12.3 Å². The molecular formula is C13H17FO2. The molecule has 1 heterocycles. The Morgan fingerprint density at radius 2 is 2.38 bits per heavy atom. The zero-order valence-electron chi connectivity index (χ0n) is 9.45. The molecule has 1 aliphatic rings. The topological polar surface area (TPSA) is 29.5 Å². The maximum atomic E-state index is 12.9. The highest BCUT2D eigenvalue weighted by Gasteiger charge is 2.21. The van der Waals surface area contributed by atoms with E-state index >= 15 is 0 Å². The van der Waals surface area contributed by atoms with Crippen LogP contribution in [0.1, 0.15) is 30.1 Å². The van der Waals surface area contributed by atoms with Gasteiger partial charge in [-0.15, -0.1) is 0 Å². The first-order chi connectivity index (χ1) is 7.66. The number of hydrogen-bond acceptors (Lipinski definition) is 2. The van der Waals surface area contributed by atoms with Gasteiger partial charge in [-0.3, -0.25) is 0 Å². The molecule has 88 valence electrons. The molecule has 0 spiro atoms. The Bertz CT molecular complexity index is 359. The molecule has 2 rings (SSSR count). The smallest absolute Gasteiger partial charge is 0.123 e. The predicted octanol–water partition coefficient (Wildman–Crippen LogP) is 2.59. The molecule has 0 radical (unpaired) electrons. The summed E-state index contributed by atoms with van der Waals surface area (Å²) in [6.45, 7) is 3.35. The van der Waals surface area contributed by atoms with E-state index in [1.54, 1.807) is 6.07 Å². The van der Waals surface area contributed by atoms with Crippen LogP contribution in [0.25, 0.3) is 0 Å². The second-order valence-corrected chi connectivity index (χ2v) is 4.48. The molecule has 1 aliphatic heterocycles. The van der Waals surface area contributed by atoms with Crippen LogP contribution in [0.5, 0.6) is 0 Å². The molecule has 2 unspecified atom stereocenters. The van der Waals surface area contributed by atoms with Gasteiger partial charge in [0.1, 0.15) is 5.82 Å². The lowest BCUT2D eigenvalue weighted by molar-refractivity contribution is 0.129. The fourth-order valence-electron chi connectivity index (χ4n) is 2.22. The lowest BCUT2D eigenvalue weighted by Gasteiger charge is -2.16. The van der Waals surface area contributed by atoms with Crippen LogP contribution in [0.15, 0.2) is 18.2 Å². The molecule has 0 aromatic heterocycles. The molecule has 1 N–H and O–H groups in total. The minimum absolute atomic E-state index is 0.252. The van der Waals surface area contributed by atoms with Crippen molar-refractivity contribution in [2.75, 3.05) is 13.2 Å². The summed E-state index contributed by atoms with van der Waals surface area (Å²) < 4.78 is 18.2. The molecule has 0 amide bonds. The standard InChI is InChI=1S/C13H17FO2/c1-9-6-11(14)2-3-12(9)13(15)7-10-4-5-16-8-10/h2-3,6,10,13,15H,4-5,7-8H2,1H3. The van der Waals surface area contributed by atoms with Crippen molar-refractivity contribution in [2.45, 2.75) is 25.9 Å². The molecule has 1 aromatic carbocycles. The second kappa shape index (κ2) is 4.93. The summed E-state index contributed by atoms with van der Waals surface area (Å²) in [6, 6.07) is 4.53. The minimum Gasteiger partial charge on any atom is -0.388 e. The Labute approximate surface area is 95.1 Å². The largest absolute Gasteiger partial charge is 0.388 e. The van der Waals surface area contributed by atoms with E-state index in [0.717, 1.165) is 30.8 Å². The van der Waals surface area contributed by atoms with E-state index < -0.39 is 6.10 Å². The number of aliphatic hydroxyl groups is 1. The fraction of sp³-hybridized carbons (Fsp3) is 0.538. The van der Waals surface area contributed by atoms with Crippen molar-refractivity contribution in [3.63, 3.8) is 0 Å². The monoisotopic (exact) mass is 224 g/mol. The second-order valence-electron chi connectivity index (χ2n) is 4.48. The van der Waals surface area contributed by atoms with Crippen LogP contribution in [-0.4, -0.2) is 18.3 Å². The highest BCUT2D eigenvalue weighted by Crippen LogP contribution is 2.28. The van der Waals surface area contributed by atoms with Gasteiger partial charge < -0.3 is 9.84 Å². The van der Waals surface area contributed by atoms with Crippen molar-refractivity contribution < 1.29 is 14.2 Å². The van der Waals surface area contributed by atoms with E-state index in [1.165, 1.54) is 12.1 Å². The van der Waals surface area contributed by atoms with E-state index in [9.17, 15) is 9.50 Å². The molecule has 2 nitrogen and oxygen atoms in total. The zero-order valence-corrected chi connectivity index (χ0v) is 9.45. The summed E-state index contributed by atoms with van der Waals surface area (Å²) in [5, 5.41) is 10.1. The maximum Gasteiger partial charge on any atom is 0.123 e. The summed E-state index contributed by atoms with van der Waals surface area (Å²) in [5.74, 6) is 0.178. The average molecular weight is 224 g/mol. The molecule has 1 saturated heterocycles. The Balaban J connectivity index is 2.04. The number of aliphatic hydroxyl groups excluding tert-OH is 1. The molecule has 0 saturated carbocycles. The van der Waals surface area contributed by atoms with Gasteiger partial charge in [-0.2, -0.15) is 0 Å². The predicted molar refractivity (Wildman–Crippen MR) is 59.6 cm³/mol. The molecule has 1 aromatic rings. The van der Waals surface area contributed by atoms with E-state index in [4.69, 9.17) is 4.74 Å². The highest BCUT2D eigenvalue weighted by atomic mass is 19.1. The van der Waals surface area contributed by atoms with E-state index in [2.05, 4.69) is 0 Å². The van der Waals surface area contributed by atoms with Gasteiger partial charge in [0.25, 0.3) is 0 Å². The summed E-state index contributed by atoms with van der Waals surface area (Å²) in [6.07, 6.45) is 1.20. The Kier molecular flexibility index (Phi) is 3.56. The van der Waals surface area contributed by atoms with Gasteiger partial charge in [-0.1, -0.05) is 6.07 Å². The third-order valence-electron chi connectivity index (χ3n) is 3.17. The van der Waals surface area contributed by atoms with Crippen LogP contribution in [0.4, 0.5) is 4.39 Å². The first kappa shape index (κ1) is 11.6. The third kappa shape index (κ3) is 2.60. The van der Waals surface area contributed by atoms with Gasteiger partial charge in [0.15, 0.2) is 0 Å². The normalized spacial score (nSPS) is 22.3. The molecule has 1 fully saturated rings. The lowest BCUT2D eigenvalue weighted by Crippen LogP contribution is -2.08. The van der Waals surface area contributed by atoms with Crippen LogP contribution in [-0.2, 0) is 4.74 Å². The summed E-state index contributed by atoms with van der Waals surface area (Å²) in [7, 11) is 0. The Hall–Kier alpha value is -0.930. The van der Waals surface area contributed by atoms with Crippen LogP contribution >= 0.6 is 0 Å². The van der Waals surface area contributed by atoms with Gasteiger partial charge in [0.2, 0.25) is 0 Å². The lowest BCUT2D eigenvalue weighted by atomic mass is 9.94. The maximum absolute atomic E-state index is 12.9. The van der Waals surface area contributed by atoms with Crippen LogP contribution in [0.3, 0.4) is 0 Å². The number of halogens is 1. The van der Waals surface area contributed by atoms with Crippen LogP contribution in [0, 0.1) is 18.7 Å². The van der Waals surface area contributed by atoms with Crippen molar-refractivity contribution in [1.82, 2.24) is 0 Å². The van der Waals surface area contributed by atoms with Crippen LogP contribution in [0.2, 0.25) is 0 Å². The zero-order chi connectivity index (χ0) is 11.5. The minimum atomic E-state index is -0.507. The number of benzene rings is 1. The van der Waals surface area contributed by atoms with Gasteiger partial charge in [0.05, 0.1) is 6.10 Å². The highest BCUT2D eigenvalue weighted by molar-refractivity contribution is 5.28. The van der Waals surface area contributed by atoms with E-state index in [-0.39, 0.29) is 5.82 Å². The van der Waals surface area contributed by atoms with E-state index in [1.807, 2.05) is 6.92 Å². The van der Waals surface area contributed by atoms with Gasteiger partial charge in [-0.25, -0.2) is 4.39 Å². The van der Waals surface area contributed by atoms with Crippen molar-refractivity contribution in [3.05, 3.63) is 35.1 Å². The number of rotatable bonds is 3. The average Bonchev–Trinajstić information content (AvgIpc) is 2.70. The Morgan fingerprint density at radius 1 is 1.56 bits per heavy atom. The molecule has 16 heavy (non-hydrogen) atoms. The molecule has 2 atom stereocenters. The van der Waals surface area contributed by atoms with Crippen molar-refractivity contribution in [2.24, 2.45) is 5.92 Å². The van der Waals surface area contributed by atoms with Gasteiger partial charge in [-0.05, 0) is 48.9 Å². The van der Waals surface area contributed by atoms with Crippen LogP contribution < -0.4 is 0 Å². The molecular weight excluding hydrogens is 207 g/mol. The van der Waals surface area contributed by atoms with Crippen molar-refractivity contribution in [3.8, 4) is 0 Å². The molecule has 0 aliphatic carbocycles. The van der Waals surface area contributed by atoms with Crippen molar-refractivity contribution in [1.29, 1.82) is 0 Å². The van der Waals surface area contributed by atoms with Gasteiger partial charge in [0, 0.05) is 13.2 Å². The number of hydrogen-bond donors (Lipinski definition) is 1. The van der Waals surface area contributed by atoms with Gasteiger partial charge >= 0.3 is 0 Å². The number of ether oxygens (including phenoxy) is 1. The summed E-state index contributed by atoms with van der Waals surface area (Å²) in [5.41, 5.74) is 1.64. The molecule has 0 bridgehead atoms. The summed E-state index contributed by atoms with van der Waals surface area (Å²) in [4.78, 5) is 0. The SMILES string of the molecule is Cc1cc(F)ccc1C(O)CC1CCOC1. The fourth-order valence-corrected chi connectivity index (χ4v) is 2.22. The first-order valence-corrected chi connectivity index (χ1v) is 5.68. The molecule has 3 heteroatoms. The Morgan fingerprint density at radius 3 is 3.00 bits per heavy atom. The quantitative estimate of drug-likeness (QED) is 0.855.